The van der Waals surface area contributed by atoms with Crippen molar-refractivity contribution in [3.05, 3.63) is 40.7 Å². The fourth-order valence-electron chi connectivity index (χ4n) is 5.48. The number of carbonyl (C=O) groups is 3. The molecule has 1 unspecified atom stereocenters. The van der Waals surface area contributed by atoms with Crippen LogP contribution in [0.2, 0.25) is 0 Å². The van der Waals surface area contributed by atoms with Gasteiger partial charge in [-0.2, -0.15) is 8.75 Å². The molecule has 12 heteroatoms. The fraction of sp³-hybridized carbons (Fsp3) is 0.381. The number of Topliss-reactive ketones (excluding diaryl/α,β-unsaturated/α-hetero) is 2. The van der Waals surface area contributed by atoms with E-state index < -0.39 is 17.7 Å². The number of nitrogens with zero attached hydrogens (tertiary/aromatic N) is 3. The molecule has 0 saturated carbocycles. The Morgan fingerprint density at radius 2 is 2.18 bits per heavy atom. The second-order valence-corrected chi connectivity index (χ2v) is 9.01. The Balaban J connectivity index is 1.44. The number of carbonyl (C=O) groups excluding carboxylic acids is 3. The quantitative estimate of drug-likeness (QED) is 0.417. The molecular formula is C21H20N6O5S. The number of allylic oxidation sites excluding steroid dienone is 2. The molecule has 4 atom stereocenters. The molecule has 6 rings (SSSR count). The van der Waals surface area contributed by atoms with Crippen molar-refractivity contribution in [3.8, 4) is 0 Å². The summed E-state index contributed by atoms with van der Waals surface area (Å²) in [6.45, 7) is 1.96. The van der Waals surface area contributed by atoms with E-state index in [-0.39, 0.29) is 41.5 Å². The Hall–Kier alpha value is -3.35. The first-order valence-corrected chi connectivity index (χ1v) is 11.1. The van der Waals surface area contributed by atoms with Crippen LogP contribution in [0.25, 0.3) is 11.0 Å². The predicted octanol–water partition coefficient (Wildman–Crippen LogP) is 0.507. The number of aromatic nitrogens is 2. The van der Waals surface area contributed by atoms with E-state index in [4.69, 9.17) is 15.2 Å². The zero-order chi connectivity index (χ0) is 23.1. The number of amides is 1. The van der Waals surface area contributed by atoms with E-state index in [0.717, 1.165) is 11.7 Å². The van der Waals surface area contributed by atoms with Crippen molar-refractivity contribution >= 4 is 46.1 Å². The molecule has 1 aromatic carbocycles. The number of rotatable bonds is 5. The van der Waals surface area contributed by atoms with Crippen molar-refractivity contribution in [1.29, 1.82) is 0 Å². The Kier molecular flexibility index (Phi) is 4.19. The number of anilines is 1. The topological polar surface area (TPSA) is 159 Å². The van der Waals surface area contributed by atoms with Gasteiger partial charge in [0.15, 0.2) is 5.72 Å². The maximum atomic E-state index is 13.9. The third kappa shape index (κ3) is 2.59. The summed E-state index contributed by atoms with van der Waals surface area (Å²) in [4.78, 5) is 40.7. The number of hydrogen-bond donors (Lipinski definition) is 3. The first-order chi connectivity index (χ1) is 15.9. The lowest BCUT2D eigenvalue weighted by atomic mass is 9.82. The van der Waals surface area contributed by atoms with Gasteiger partial charge in [0.1, 0.15) is 17.6 Å². The van der Waals surface area contributed by atoms with Gasteiger partial charge in [0.2, 0.25) is 11.6 Å². The van der Waals surface area contributed by atoms with E-state index >= 15 is 0 Å². The molecule has 2 saturated heterocycles. The van der Waals surface area contributed by atoms with Crippen molar-refractivity contribution in [2.24, 2.45) is 11.7 Å². The average molecular weight is 468 g/mol. The minimum atomic E-state index is -1.01. The van der Waals surface area contributed by atoms with Crippen LogP contribution in [0.15, 0.2) is 40.7 Å². The largest absolute Gasteiger partial charge is 0.449 e. The zero-order valence-electron chi connectivity index (χ0n) is 17.7. The molecule has 33 heavy (non-hydrogen) atoms. The second-order valence-electron chi connectivity index (χ2n) is 8.48. The van der Waals surface area contributed by atoms with Gasteiger partial charge in [0.25, 0.3) is 0 Å². The van der Waals surface area contributed by atoms with Crippen LogP contribution >= 0.6 is 11.7 Å². The Morgan fingerprint density at radius 3 is 2.94 bits per heavy atom. The number of hydrogen-bond acceptors (Lipinski definition) is 11. The third-order valence-corrected chi connectivity index (χ3v) is 7.52. The number of nitrogens with two attached hydrogens (primary N) is 1. The molecule has 11 nitrogen and oxygen atoms in total. The number of primary amides is 1. The molecule has 1 aliphatic carbocycles. The number of nitrogens with one attached hydrogen (secondary N) is 2. The Bertz CT molecular complexity index is 1320. The summed E-state index contributed by atoms with van der Waals surface area (Å²) in [6, 6.07) is 5.44. The lowest BCUT2D eigenvalue weighted by molar-refractivity contribution is -0.137. The van der Waals surface area contributed by atoms with Crippen LogP contribution in [-0.2, 0) is 19.1 Å². The number of piperazine rings is 1. The van der Waals surface area contributed by atoms with E-state index in [0.29, 0.717) is 34.5 Å². The first-order valence-electron chi connectivity index (χ1n) is 10.4. The highest BCUT2D eigenvalue weighted by molar-refractivity contribution is 7.00. The van der Waals surface area contributed by atoms with Crippen molar-refractivity contribution in [1.82, 2.24) is 19.0 Å². The molecule has 0 radical (unpaired) electrons. The third-order valence-electron chi connectivity index (χ3n) is 6.97. The van der Waals surface area contributed by atoms with Crippen LogP contribution in [0.5, 0.6) is 0 Å². The standard InChI is InChI=1S/C21H20N6O5S/c1-8-14(23-10-4-3-5-11-15(10)26-33-25-11)18(29)13-9(7-32-20(22)30)21(31-2)19-12(24-19)6-27(21)16(13)17(8)28/h3-5,9,12,19,23-24H,6-7H2,1-2H3,(H2,22,30)/t9-,12+,19+,21?/m0/s1. The molecule has 4 N–H and O–H groups in total. The summed E-state index contributed by atoms with van der Waals surface area (Å²) in [7, 11) is 1.54. The van der Waals surface area contributed by atoms with Crippen LogP contribution < -0.4 is 16.4 Å². The van der Waals surface area contributed by atoms with Gasteiger partial charge in [0, 0.05) is 30.8 Å². The molecule has 2 aromatic rings. The first kappa shape index (κ1) is 20.3. The van der Waals surface area contributed by atoms with Crippen molar-refractivity contribution in [2.45, 2.75) is 24.7 Å². The Labute approximate surface area is 191 Å². The molecule has 4 heterocycles. The van der Waals surface area contributed by atoms with Gasteiger partial charge in [-0.3, -0.25) is 9.59 Å². The van der Waals surface area contributed by atoms with Crippen LogP contribution in [0.3, 0.4) is 0 Å². The monoisotopic (exact) mass is 468 g/mol. The highest BCUT2D eigenvalue weighted by Crippen LogP contribution is 2.55. The SMILES string of the molecule is COC12[C@@H]3N[C@@H]3CN1C1=C(C(=O)C(Nc3cccc4nsnc34)=C(C)C1=O)[C@@H]2COC(N)=O. The maximum absolute atomic E-state index is 13.9. The van der Waals surface area contributed by atoms with Gasteiger partial charge in [-0.05, 0) is 19.1 Å². The van der Waals surface area contributed by atoms with Crippen molar-refractivity contribution in [3.63, 3.8) is 0 Å². The molecule has 1 aromatic heterocycles. The molecule has 2 fully saturated rings. The highest BCUT2D eigenvalue weighted by Gasteiger charge is 2.72. The summed E-state index contributed by atoms with van der Waals surface area (Å²) < 4.78 is 19.6. The van der Waals surface area contributed by atoms with E-state index in [1.54, 1.807) is 19.1 Å². The van der Waals surface area contributed by atoms with Gasteiger partial charge in [0.05, 0.1) is 40.8 Å². The number of ketones is 2. The van der Waals surface area contributed by atoms with Crippen LogP contribution in [0.4, 0.5) is 10.5 Å². The normalized spacial score (nSPS) is 30.0. The summed E-state index contributed by atoms with van der Waals surface area (Å²) in [5, 5.41) is 6.46. The lowest BCUT2D eigenvalue weighted by Gasteiger charge is -2.39. The van der Waals surface area contributed by atoms with Crippen molar-refractivity contribution in [2.75, 3.05) is 25.6 Å². The van der Waals surface area contributed by atoms with Crippen LogP contribution in [0, 0.1) is 5.92 Å². The second kappa shape index (κ2) is 6.83. The van der Waals surface area contributed by atoms with Gasteiger partial charge in [-0.25, -0.2) is 4.79 Å². The summed E-state index contributed by atoms with van der Waals surface area (Å²) in [5.74, 6) is -1.29. The molecule has 1 amide bonds. The van der Waals surface area contributed by atoms with Crippen molar-refractivity contribution < 1.29 is 23.9 Å². The minimum Gasteiger partial charge on any atom is -0.449 e. The molecule has 3 aliphatic heterocycles. The van der Waals surface area contributed by atoms with Gasteiger partial charge >= 0.3 is 6.09 Å². The molecule has 4 aliphatic rings. The number of fused-ring (bicyclic) bond motifs is 5. The predicted molar refractivity (Wildman–Crippen MR) is 117 cm³/mol. The molecule has 170 valence electrons. The molecular weight excluding hydrogens is 448 g/mol. The average Bonchev–Trinajstić information content (AvgIpc) is 3.17. The number of benzene rings is 1. The number of methoxy groups -OCH3 is 1. The van der Waals surface area contributed by atoms with Crippen LogP contribution in [-0.4, -0.2) is 69.4 Å². The zero-order valence-corrected chi connectivity index (χ0v) is 18.6. The van der Waals surface area contributed by atoms with E-state index in [9.17, 15) is 14.4 Å². The molecule has 0 bridgehead atoms. The summed E-state index contributed by atoms with van der Waals surface area (Å²) >= 11 is 1.07. The maximum Gasteiger partial charge on any atom is 0.404 e. The summed E-state index contributed by atoms with van der Waals surface area (Å²) in [6.07, 6.45) is -0.956. The lowest BCUT2D eigenvalue weighted by Crippen LogP contribution is -2.55. The summed E-state index contributed by atoms with van der Waals surface area (Å²) in [5.41, 5.74) is 7.15. The number of ether oxygens (including phenoxy) is 2. The van der Waals surface area contributed by atoms with Gasteiger partial charge < -0.3 is 30.7 Å². The van der Waals surface area contributed by atoms with Gasteiger partial charge in [-0.1, -0.05) is 6.07 Å². The smallest absolute Gasteiger partial charge is 0.404 e. The highest BCUT2D eigenvalue weighted by atomic mass is 32.1. The minimum absolute atomic E-state index is 0.0956. The fourth-order valence-corrected chi connectivity index (χ4v) is 6.03. The Morgan fingerprint density at radius 1 is 1.36 bits per heavy atom. The molecule has 0 spiro atoms. The van der Waals surface area contributed by atoms with E-state index in [2.05, 4.69) is 19.4 Å². The van der Waals surface area contributed by atoms with Crippen LogP contribution in [0.1, 0.15) is 6.92 Å². The van der Waals surface area contributed by atoms with Gasteiger partial charge in [-0.15, -0.1) is 0 Å². The van der Waals surface area contributed by atoms with E-state index in [1.165, 1.54) is 7.11 Å². The van der Waals surface area contributed by atoms with E-state index in [1.807, 2.05) is 11.0 Å².